The van der Waals surface area contributed by atoms with Gasteiger partial charge in [-0.1, -0.05) is 59.0 Å². The Kier molecular flexibility index (Phi) is 3.50. The zero-order chi connectivity index (χ0) is 14.3. The van der Waals surface area contributed by atoms with E-state index in [1.54, 1.807) is 0 Å². The first-order valence-corrected chi connectivity index (χ1v) is 7.30. The van der Waals surface area contributed by atoms with Crippen molar-refractivity contribution in [3.63, 3.8) is 0 Å². The highest BCUT2D eigenvalue weighted by molar-refractivity contribution is 5.11. The van der Waals surface area contributed by atoms with Crippen molar-refractivity contribution in [3.8, 4) is 0 Å². The molecule has 1 heterocycles. The average molecular weight is 265 g/mol. The minimum atomic E-state index is -0.381. The van der Waals surface area contributed by atoms with E-state index in [2.05, 4.69) is 44.8 Å². The lowest BCUT2D eigenvalue weighted by atomic mass is 9.69. The lowest BCUT2D eigenvalue weighted by Crippen LogP contribution is -2.40. The molecular formula is C15H27N3O. The van der Waals surface area contributed by atoms with Crippen molar-refractivity contribution < 1.29 is 4.52 Å². The molecule has 2 rings (SSSR count). The van der Waals surface area contributed by atoms with Crippen molar-refractivity contribution in [1.29, 1.82) is 0 Å². The third-order valence-corrected chi connectivity index (χ3v) is 5.03. The van der Waals surface area contributed by atoms with E-state index in [-0.39, 0.29) is 16.4 Å². The fraction of sp³-hybridized carbons (Fsp3) is 0.867. The maximum atomic E-state index is 6.46. The number of nitrogens with two attached hydrogens (primary N) is 1. The average Bonchev–Trinajstić information content (AvgIpc) is 2.78. The molecule has 4 heteroatoms. The zero-order valence-corrected chi connectivity index (χ0v) is 12.9. The Bertz CT molecular complexity index is 436. The summed E-state index contributed by atoms with van der Waals surface area (Å²) in [4.78, 5) is 4.64. The van der Waals surface area contributed by atoms with E-state index in [0.29, 0.717) is 11.7 Å². The van der Waals surface area contributed by atoms with Crippen LogP contribution in [0.15, 0.2) is 4.52 Å². The third kappa shape index (κ3) is 2.55. The van der Waals surface area contributed by atoms with Gasteiger partial charge in [0.05, 0.1) is 5.54 Å². The highest BCUT2D eigenvalue weighted by atomic mass is 16.5. The molecule has 1 aliphatic rings. The van der Waals surface area contributed by atoms with E-state index < -0.39 is 0 Å². The van der Waals surface area contributed by atoms with Gasteiger partial charge in [0, 0.05) is 5.41 Å². The Morgan fingerprint density at radius 3 is 2.16 bits per heavy atom. The number of aromatic nitrogens is 2. The van der Waals surface area contributed by atoms with Gasteiger partial charge in [0.1, 0.15) is 0 Å². The molecule has 1 fully saturated rings. The molecule has 4 nitrogen and oxygen atoms in total. The first-order chi connectivity index (χ1) is 8.67. The Labute approximate surface area is 116 Å². The van der Waals surface area contributed by atoms with Crippen LogP contribution in [-0.4, -0.2) is 10.1 Å². The van der Waals surface area contributed by atoms with E-state index in [9.17, 15) is 0 Å². The smallest absolute Gasteiger partial charge is 0.232 e. The maximum absolute atomic E-state index is 6.46. The van der Waals surface area contributed by atoms with Gasteiger partial charge >= 0.3 is 0 Å². The van der Waals surface area contributed by atoms with Gasteiger partial charge in [0.15, 0.2) is 5.82 Å². The lowest BCUT2D eigenvalue weighted by molar-refractivity contribution is 0.168. The molecule has 108 valence electrons. The summed E-state index contributed by atoms with van der Waals surface area (Å²) in [5, 5.41) is 4.18. The van der Waals surface area contributed by atoms with Gasteiger partial charge in [0.2, 0.25) is 5.89 Å². The quantitative estimate of drug-likeness (QED) is 0.888. The van der Waals surface area contributed by atoms with Gasteiger partial charge in [0.25, 0.3) is 0 Å². The summed E-state index contributed by atoms with van der Waals surface area (Å²) >= 11 is 0. The molecule has 0 saturated heterocycles. The van der Waals surface area contributed by atoms with E-state index in [1.165, 1.54) is 6.42 Å². The van der Waals surface area contributed by atoms with Gasteiger partial charge in [-0.05, 0) is 18.3 Å². The van der Waals surface area contributed by atoms with Crippen molar-refractivity contribution in [2.75, 3.05) is 0 Å². The monoisotopic (exact) mass is 265 g/mol. The molecule has 1 aliphatic carbocycles. The summed E-state index contributed by atoms with van der Waals surface area (Å²) in [6, 6.07) is 0. The Morgan fingerprint density at radius 2 is 1.63 bits per heavy atom. The van der Waals surface area contributed by atoms with Gasteiger partial charge in [-0.2, -0.15) is 4.98 Å². The van der Waals surface area contributed by atoms with Crippen LogP contribution in [0.5, 0.6) is 0 Å². The molecule has 0 aromatic carbocycles. The molecule has 1 aromatic heterocycles. The first-order valence-electron chi connectivity index (χ1n) is 7.30. The molecule has 0 aliphatic heterocycles. The van der Waals surface area contributed by atoms with Gasteiger partial charge in [-0.3, -0.25) is 0 Å². The summed E-state index contributed by atoms with van der Waals surface area (Å²) in [6.45, 7) is 10.9. The largest absolute Gasteiger partial charge is 0.339 e. The van der Waals surface area contributed by atoms with Gasteiger partial charge in [-0.25, -0.2) is 0 Å². The van der Waals surface area contributed by atoms with Crippen LogP contribution in [0.3, 0.4) is 0 Å². The maximum Gasteiger partial charge on any atom is 0.232 e. The van der Waals surface area contributed by atoms with Crippen LogP contribution in [0, 0.1) is 5.41 Å². The van der Waals surface area contributed by atoms with E-state index in [1.807, 2.05) is 0 Å². The second kappa shape index (κ2) is 4.58. The zero-order valence-electron chi connectivity index (χ0n) is 12.9. The Morgan fingerprint density at radius 1 is 1.05 bits per heavy atom. The molecule has 0 atom stereocenters. The number of hydrogen-bond donors (Lipinski definition) is 1. The molecular weight excluding hydrogens is 238 g/mol. The molecule has 0 amide bonds. The fourth-order valence-electron chi connectivity index (χ4n) is 2.41. The number of rotatable bonds is 2. The molecule has 19 heavy (non-hydrogen) atoms. The van der Waals surface area contributed by atoms with Gasteiger partial charge in [-0.15, -0.1) is 0 Å². The highest BCUT2D eigenvalue weighted by Gasteiger charge is 2.42. The van der Waals surface area contributed by atoms with Crippen molar-refractivity contribution in [2.45, 2.75) is 77.7 Å². The Balaban J connectivity index is 2.29. The minimum absolute atomic E-state index is 0.0606. The van der Waals surface area contributed by atoms with Crippen molar-refractivity contribution in [1.82, 2.24) is 10.1 Å². The Hall–Kier alpha value is -0.900. The third-order valence-electron chi connectivity index (χ3n) is 5.03. The SMILES string of the molecule is CC(C)(C)C(C)(C)c1nc(C2(N)CCCCC2)no1. The number of hydrogen-bond acceptors (Lipinski definition) is 4. The summed E-state index contributed by atoms with van der Waals surface area (Å²) in [5.41, 5.74) is 5.98. The fourth-order valence-corrected chi connectivity index (χ4v) is 2.41. The van der Waals surface area contributed by atoms with Crippen LogP contribution in [0.25, 0.3) is 0 Å². The first kappa shape index (κ1) is 14.5. The molecule has 2 N–H and O–H groups in total. The van der Waals surface area contributed by atoms with Gasteiger partial charge < -0.3 is 10.3 Å². The van der Waals surface area contributed by atoms with Crippen LogP contribution < -0.4 is 5.73 Å². The molecule has 1 saturated carbocycles. The molecule has 0 bridgehead atoms. The van der Waals surface area contributed by atoms with Crippen molar-refractivity contribution >= 4 is 0 Å². The minimum Gasteiger partial charge on any atom is -0.339 e. The predicted molar refractivity (Wildman–Crippen MR) is 75.7 cm³/mol. The number of nitrogens with zero attached hydrogens (tertiary/aromatic N) is 2. The molecule has 1 aromatic rings. The van der Waals surface area contributed by atoms with Crippen LogP contribution in [0.1, 0.15) is 78.4 Å². The van der Waals surface area contributed by atoms with Crippen molar-refractivity contribution in [2.24, 2.45) is 11.1 Å². The predicted octanol–water partition coefficient (Wildman–Crippen LogP) is 3.51. The summed E-state index contributed by atoms with van der Waals surface area (Å²) in [5.74, 6) is 1.39. The summed E-state index contributed by atoms with van der Waals surface area (Å²) in [6.07, 6.45) is 5.49. The second-order valence-corrected chi connectivity index (χ2v) is 7.51. The van der Waals surface area contributed by atoms with E-state index >= 15 is 0 Å². The lowest BCUT2D eigenvalue weighted by Gasteiger charge is -2.35. The van der Waals surface area contributed by atoms with E-state index in [4.69, 9.17) is 10.3 Å². The molecule has 0 spiro atoms. The van der Waals surface area contributed by atoms with Crippen LogP contribution in [0.2, 0.25) is 0 Å². The summed E-state index contributed by atoms with van der Waals surface area (Å²) < 4.78 is 5.53. The molecule has 0 unspecified atom stereocenters. The summed E-state index contributed by atoms with van der Waals surface area (Å²) in [7, 11) is 0. The van der Waals surface area contributed by atoms with Crippen LogP contribution >= 0.6 is 0 Å². The van der Waals surface area contributed by atoms with Crippen molar-refractivity contribution in [3.05, 3.63) is 11.7 Å². The topological polar surface area (TPSA) is 64.9 Å². The van der Waals surface area contributed by atoms with Crippen LogP contribution in [-0.2, 0) is 11.0 Å². The van der Waals surface area contributed by atoms with E-state index in [0.717, 1.165) is 25.7 Å². The molecule has 0 radical (unpaired) electrons. The van der Waals surface area contributed by atoms with Crippen LogP contribution in [0.4, 0.5) is 0 Å². The standard InChI is InChI=1S/C15H27N3O/c1-13(2,3)14(4,5)12-17-11(18-19-12)15(16)9-7-6-8-10-15/h6-10,16H2,1-5H3. The normalized spacial score (nSPS) is 20.5. The highest BCUT2D eigenvalue weighted by Crippen LogP contribution is 2.41. The second-order valence-electron chi connectivity index (χ2n) is 7.51.